The summed E-state index contributed by atoms with van der Waals surface area (Å²) < 4.78 is 38.3. The minimum atomic E-state index is -3.61. The van der Waals surface area contributed by atoms with Gasteiger partial charge in [-0.3, -0.25) is 0 Å². The molecule has 0 aliphatic heterocycles. The van der Waals surface area contributed by atoms with Gasteiger partial charge in [0.15, 0.2) is 0 Å². The Hall–Kier alpha value is -1.63. The summed E-state index contributed by atoms with van der Waals surface area (Å²) in [5.74, 6) is 0.586. The van der Waals surface area contributed by atoms with Crippen LogP contribution >= 0.6 is 0 Å². The number of benzene rings is 1. The monoisotopic (exact) mass is 323 g/mol. The molecule has 22 heavy (non-hydrogen) atoms. The van der Waals surface area contributed by atoms with Crippen LogP contribution in [-0.2, 0) is 14.8 Å². The van der Waals surface area contributed by atoms with Gasteiger partial charge in [-0.15, -0.1) is 0 Å². The standard InChI is InChI=1S/C16H21NO4S/c1-11-8-12(2)16(13(3)9-11)22(18,19)17-10-15(20-4)14-6-5-7-21-14/h5-9,15,17H,10H2,1-4H3. The molecule has 2 aromatic rings. The first-order valence-corrected chi connectivity index (χ1v) is 8.47. The van der Waals surface area contributed by atoms with Crippen molar-refractivity contribution < 1.29 is 17.6 Å². The van der Waals surface area contributed by atoms with Crippen LogP contribution in [0.3, 0.4) is 0 Å². The zero-order valence-corrected chi connectivity index (χ0v) is 14.0. The number of nitrogens with one attached hydrogen (secondary N) is 1. The molecule has 1 unspecified atom stereocenters. The quantitative estimate of drug-likeness (QED) is 0.887. The van der Waals surface area contributed by atoms with Crippen molar-refractivity contribution in [1.29, 1.82) is 0 Å². The van der Waals surface area contributed by atoms with Crippen molar-refractivity contribution in [3.63, 3.8) is 0 Å². The number of hydrogen-bond acceptors (Lipinski definition) is 4. The maximum Gasteiger partial charge on any atom is 0.241 e. The molecule has 5 nitrogen and oxygen atoms in total. The molecule has 0 saturated heterocycles. The maximum atomic E-state index is 12.6. The first kappa shape index (κ1) is 16.7. The minimum Gasteiger partial charge on any atom is -0.467 e. The van der Waals surface area contributed by atoms with E-state index in [9.17, 15) is 8.42 Å². The van der Waals surface area contributed by atoms with Crippen LogP contribution in [0, 0.1) is 20.8 Å². The molecule has 1 N–H and O–H groups in total. The zero-order valence-electron chi connectivity index (χ0n) is 13.2. The Labute approximate surface area is 131 Å². The fourth-order valence-electron chi connectivity index (χ4n) is 2.62. The molecule has 6 heteroatoms. The van der Waals surface area contributed by atoms with E-state index < -0.39 is 16.1 Å². The summed E-state index contributed by atoms with van der Waals surface area (Å²) in [5.41, 5.74) is 2.51. The predicted octanol–water partition coefficient (Wildman–Crippen LogP) is 2.87. The van der Waals surface area contributed by atoms with Crippen molar-refractivity contribution >= 4 is 10.0 Å². The Bertz CT molecular complexity index is 713. The van der Waals surface area contributed by atoms with Gasteiger partial charge in [0.25, 0.3) is 0 Å². The van der Waals surface area contributed by atoms with Crippen LogP contribution in [0.15, 0.2) is 39.8 Å². The van der Waals surface area contributed by atoms with Crippen LogP contribution in [0.5, 0.6) is 0 Å². The van der Waals surface area contributed by atoms with Crippen LogP contribution in [0.4, 0.5) is 0 Å². The van der Waals surface area contributed by atoms with E-state index in [1.165, 1.54) is 13.4 Å². The van der Waals surface area contributed by atoms with Gasteiger partial charge in [0, 0.05) is 13.7 Å². The number of rotatable bonds is 6. The number of hydrogen-bond donors (Lipinski definition) is 1. The SMILES string of the molecule is COC(CNS(=O)(=O)c1c(C)cc(C)cc1C)c1ccco1. The predicted molar refractivity (Wildman–Crippen MR) is 84.3 cm³/mol. The fraction of sp³-hybridized carbons (Fsp3) is 0.375. The third-order valence-electron chi connectivity index (χ3n) is 3.48. The highest BCUT2D eigenvalue weighted by molar-refractivity contribution is 7.89. The van der Waals surface area contributed by atoms with E-state index in [-0.39, 0.29) is 6.54 Å². The lowest BCUT2D eigenvalue weighted by molar-refractivity contribution is 0.0878. The number of furan rings is 1. The number of sulfonamides is 1. The molecule has 120 valence electrons. The lowest BCUT2D eigenvalue weighted by Gasteiger charge is -2.16. The van der Waals surface area contributed by atoms with Crippen molar-refractivity contribution in [2.24, 2.45) is 0 Å². The van der Waals surface area contributed by atoms with E-state index in [1.54, 1.807) is 26.0 Å². The number of aryl methyl sites for hydroxylation is 3. The Morgan fingerprint density at radius 2 is 1.86 bits per heavy atom. The molecule has 0 fully saturated rings. The van der Waals surface area contributed by atoms with E-state index in [1.807, 2.05) is 19.1 Å². The van der Waals surface area contributed by atoms with Crippen LogP contribution in [-0.4, -0.2) is 22.1 Å². The van der Waals surface area contributed by atoms with Gasteiger partial charge in [0.2, 0.25) is 10.0 Å². The molecule has 0 aliphatic rings. The van der Waals surface area contributed by atoms with Gasteiger partial charge in [0.05, 0.1) is 11.2 Å². The van der Waals surface area contributed by atoms with Gasteiger partial charge in [-0.05, 0) is 44.0 Å². The smallest absolute Gasteiger partial charge is 0.241 e. The molecule has 0 saturated carbocycles. The summed E-state index contributed by atoms with van der Waals surface area (Å²) >= 11 is 0. The summed E-state index contributed by atoms with van der Waals surface area (Å²) in [4.78, 5) is 0.326. The van der Waals surface area contributed by atoms with E-state index >= 15 is 0 Å². The highest BCUT2D eigenvalue weighted by Crippen LogP contribution is 2.23. The zero-order chi connectivity index (χ0) is 16.3. The average Bonchev–Trinajstić information content (AvgIpc) is 2.91. The molecular weight excluding hydrogens is 302 g/mol. The van der Waals surface area contributed by atoms with Gasteiger partial charge in [-0.1, -0.05) is 17.7 Å². The molecule has 0 aliphatic carbocycles. The number of methoxy groups -OCH3 is 1. The molecule has 1 aromatic heterocycles. The fourth-order valence-corrected chi connectivity index (χ4v) is 4.10. The Morgan fingerprint density at radius 1 is 1.23 bits per heavy atom. The molecule has 1 aromatic carbocycles. The van der Waals surface area contributed by atoms with Gasteiger partial charge in [-0.2, -0.15) is 0 Å². The third kappa shape index (κ3) is 3.58. The highest BCUT2D eigenvalue weighted by atomic mass is 32.2. The lowest BCUT2D eigenvalue weighted by atomic mass is 10.1. The highest BCUT2D eigenvalue weighted by Gasteiger charge is 2.22. The van der Waals surface area contributed by atoms with E-state index in [2.05, 4.69) is 4.72 Å². The summed E-state index contributed by atoms with van der Waals surface area (Å²) in [6, 6.07) is 7.22. The molecule has 0 amide bonds. The van der Waals surface area contributed by atoms with Crippen LogP contribution in [0.1, 0.15) is 28.6 Å². The van der Waals surface area contributed by atoms with Crippen molar-refractivity contribution in [2.45, 2.75) is 31.8 Å². The van der Waals surface area contributed by atoms with E-state index in [0.29, 0.717) is 10.7 Å². The molecule has 0 bridgehead atoms. The second-order valence-corrected chi connectivity index (χ2v) is 7.02. The summed E-state index contributed by atoms with van der Waals surface area (Å²) in [5, 5.41) is 0. The average molecular weight is 323 g/mol. The second-order valence-electron chi connectivity index (χ2n) is 5.32. The van der Waals surface area contributed by atoms with Crippen molar-refractivity contribution in [2.75, 3.05) is 13.7 Å². The molecule has 0 spiro atoms. The molecule has 1 heterocycles. The Kier molecular flexibility index (Phi) is 5.05. The maximum absolute atomic E-state index is 12.6. The van der Waals surface area contributed by atoms with E-state index in [4.69, 9.17) is 9.15 Å². The summed E-state index contributed by atoms with van der Waals surface area (Å²) in [6.45, 7) is 5.66. The van der Waals surface area contributed by atoms with Gasteiger partial charge < -0.3 is 9.15 Å². The van der Waals surface area contributed by atoms with Crippen molar-refractivity contribution in [3.05, 3.63) is 53.0 Å². The Morgan fingerprint density at radius 3 is 2.36 bits per heavy atom. The topological polar surface area (TPSA) is 68.5 Å². The van der Waals surface area contributed by atoms with Crippen LogP contribution in [0.25, 0.3) is 0 Å². The van der Waals surface area contributed by atoms with Gasteiger partial charge in [-0.25, -0.2) is 13.1 Å². The van der Waals surface area contributed by atoms with Gasteiger partial charge >= 0.3 is 0 Å². The summed E-state index contributed by atoms with van der Waals surface area (Å²) in [6.07, 6.45) is 1.07. The number of ether oxygens (including phenoxy) is 1. The lowest BCUT2D eigenvalue weighted by Crippen LogP contribution is -2.30. The first-order valence-electron chi connectivity index (χ1n) is 6.99. The normalized spacial score (nSPS) is 13.3. The summed E-state index contributed by atoms with van der Waals surface area (Å²) in [7, 11) is -2.09. The molecule has 0 radical (unpaired) electrons. The third-order valence-corrected chi connectivity index (χ3v) is 5.21. The first-order chi connectivity index (χ1) is 10.3. The Balaban J connectivity index is 2.22. The van der Waals surface area contributed by atoms with Crippen molar-refractivity contribution in [3.8, 4) is 0 Å². The molecule has 1 atom stereocenters. The molecule has 2 rings (SSSR count). The minimum absolute atomic E-state index is 0.110. The molecular formula is C16H21NO4S. The van der Waals surface area contributed by atoms with Crippen LogP contribution in [0.2, 0.25) is 0 Å². The van der Waals surface area contributed by atoms with E-state index in [0.717, 1.165) is 16.7 Å². The second kappa shape index (κ2) is 6.64. The van der Waals surface area contributed by atoms with Crippen LogP contribution < -0.4 is 4.72 Å². The largest absolute Gasteiger partial charge is 0.467 e. The van der Waals surface area contributed by atoms with Crippen molar-refractivity contribution in [1.82, 2.24) is 4.72 Å². The van der Waals surface area contributed by atoms with Gasteiger partial charge in [0.1, 0.15) is 11.9 Å².